The largest absolute Gasteiger partial charge is 0.507 e. The minimum atomic E-state index is -0.477. The Bertz CT molecular complexity index is 937. The van der Waals surface area contributed by atoms with Crippen LogP contribution in [0.25, 0.3) is 11.0 Å². The highest BCUT2D eigenvalue weighted by atomic mass is 16.4. The Morgan fingerprint density at radius 1 is 1.09 bits per heavy atom. The third-order valence-electron chi connectivity index (χ3n) is 3.73. The molecule has 2 aromatic carbocycles. The number of carbonyl (C=O) groups excluding carboxylic acids is 1. The number of hydrogen-bond acceptors (Lipinski definition) is 4. The summed E-state index contributed by atoms with van der Waals surface area (Å²) in [5, 5.41) is 11.0. The smallest absolute Gasteiger partial charge is 0.336 e. The number of rotatable bonds is 2. The monoisotopic (exact) mass is 294 g/mol. The summed E-state index contributed by atoms with van der Waals surface area (Å²) in [6, 6.07) is 11.7. The lowest BCUT2D eigenvalue weighted by atomic mass is 9.96. The number of fused-ring (bicyclic) bond motifs is 1. The summed E-state index contributed by atoms with van der Waals surface area (Å²) in [6.07, 6.45) is 0. The first-order valence-corrected chi connectivity index (χ1v) is 6.86. The Morgan fingerprint density at radius 3 is 2.45 bits per heavy atom. The molecule has 1 aromatic heterocycles. The Kier molecular flexibility index (Phi) is 3.29. The molecule has 1 heterocycles. The van der Waals surface area contributed by atoms with Crippen molar-refractivity contribution in [2.45, 2.75) is 13.8 Å². The molecule has 0 saturated carbocycles. The van der Waals surface area contributed by atoms with E-state index in [0.29, 0.717) is 27.7 Å². The maximum atomic E-state index is 12.6. The quantitative estimate of drug-likeness (QED) is 0.581. The molecule has 110 valence electrons. The molecule has 0 bridgehead atoms. The van der Waals surface area contributed by atoms with Gasteiger partial charge in [-0.05, 0) is 25.5 Å². The highest BCUT2D eigenvalue weighted by Gasteiger charge is 2.19. The maximum Gasteiger partial charge on any atom is 0.336 e. The Hall–Kier alpha value is -2.88. The molecular formula is C18H14O4. The van der Waals surface area contributed by atoms with Crippen LogP contribution in [-0.2, 0) is 0 Å². The number of aryl methyl sites for hydroxylation is 2. The van der Waals surface area contributed by atoms with Gasteiger partial charge in [-0.15, -0.1) is 0 Å². The van der Waals surface area contributed by atoms with Crippen molar-refractivity contribution in [3.8, 4) is 5.75 Å². The zero-order valence-corrected chi connectivity index (χ0v) is 12.2. The topological polar surface area (TPSA) is 67.5 Å². The minimum absolute atomic E-state index is 0.157. The number of phenolic OH excluding ortho intramolecular Hbond substituents is 1. The van der Waals surface area contributed by atoms with Crippen molar-refractivity contribution >= 4 is 16.8 Å². The minimum Gasteiger partial charge on any atom is -0.507 e. The van der Waals surface area contributed by atoms with Gasteiger partial charge in [0.15, 0.2) is 5.78 Å². The fraction of sp³-hybridized carbons (Fsp3) is 0.111. The lowest BCUT2D eigenvalue weighted by molar-refractivity contribution is 0.103. The van der Waals surface area contributed by atoms with Crippen LogP contribution in [-0.4, -0.2) is 10.9 Å². The summed E-state index contributed by atoms with van der Waals surface area (Å²) in [6.45, 7) is 3.40. The molecule has 0 aliphatic carbocycles. The normalized spacial score (nSPS) is 10.8. The van der Waals surface area contributed by atoms with Crippen LogP contribution in [0.3, 0.4) is 0 Å². The van der Waals surface area contributed by atoms with Crippen molar-refractivity contribution in [3.05, 3.63) is 75.1 Å². The lowest BCUT2D eigenvalue weighted by Gasteiger charge is -2.10. The second-order valence-electron chi connectivity index (χ2n) is 5.22. The van der Waals surface area contributed by atoms with E-state index in [1.807, 2.05) is 6.07 Å². The molecule has 0 aliphatic heterocycles. The number of phenols is 1. The van der Waals surface area contributed by atoms with Gasteiger partial charge in [0, 0.05) is 22.6 Å². The van der Waals surface area contributed by atoms with E-state index in [2.05, 4.69) is 0 Å². The van der Waals surface area contributed by atoms with Crippen LogP contribution in [0.5, 0.6) is 5.75 Å². The van der Waals surface area contributed by atoms with Crippen molar-refractivity contribution in [3.63, 3.8) is 0 Å². The summed E-state index contributed by atoms with van der Waals surface area (Å²) in [7, 11) is 0. The van der Waals surface area contributed by atoms with Crippen LogP contribution in [0.2, 0.25) is 0 Å². The van der Waals surface area contributed by atoms with E-state index in [9.17, 15) is 14.7 Å². The maximum absolute atomic E-state index is 12.6. The molecule has 4 nitrogen and oxygen atoms in total. The molecule has 0 unspecified atom stereocenters. The summed E-state index contributed by atoms with van der Waals surface area (Å²) >= 11 is 0. The van der Waals surface area contributed by atoms with E-state index in [0.717, 1.165) is 0 Å². The summed E-state index contributed by atoms with van der Waals surface area (Å²) in [5.74, 6) is -0.427. The average molecular weight is 294 g/mol. The van der Waals surface area contributed by atoms with Gasteiger partial charge in [0.1, 0.15) is 11.3 Å². The second-order valence-corrected chi connectivity index (χ2v) is 5.22. The average Bonchev–Trinajstić information content (AvgIpc) is 2.51. The predicted molar refractivity (Wildman–Crippen MR) is 83.5 cm³/mol. The van der Waals surface area contributed by atoms with Gasteiger partial charge >= 0.3 is 5.63 Å². The number of carbonyl (C=O) groups is 1. The van der Waals surface area contributed by atoms with Crippen LogP contribution in [0.15, 0.2) is 51.7 Å². The van der Waals surface area contributed by atoms with Gasteiger partial charge in [-0.25, -0.2) is 4.79 Å². The van der Waals surface area contributed by atoms with Crippen molar-refractivity contribution in [2.24, 2.45) is 0 Å². The van der Waals surface area contributed by atoms with Gasteiger partial charge in [-0.1, -0.05) is 30.3 Å². The van der Waals surface area contributed by atoms with E-state index < -0.39 is 5.63 Å². The molecule has 0 fully saturated rings. The van der Waals surface area contributed by atoms with Crippen LogP contribution >= 0.6 is 0 Å². The molecule has 0 radical (unpaired) electrons. The molecule has 0 atom stereocenters. The molecule has 0 spiro atoms. The molecular weight excluding hydrogens is 280 g/mol. The zero-order valence-electron chi connectivity index (χ0n) is 12.2. The summed E-state index contributed by atoms with van der Waals surface area (Å²) in [4.78, 5) is 24.1. The van der Waals surface area contributed by atoms with Gasteiger partial charge in [-0.3, -0.25) is 4.79 Å². The highest BCUT2D eigenvalue weighted by molar-refractivity contribution is 6.13. The number of hydrogen-bond donors (Lipinski definition) is 1. The fourth-order valence-electron chi connectivity index (χ4n) is 2.52. The zero-order chi connectivity index (χ0) is 15.9. The lowest BCUT2D eigenvalue weighted by Crippen LogP contribution is -2.05. The van der Waals surface area contributed by atoms with Gasteiger partial charge in [-0.2, -0.15) is 0 Å². The summed E-state index contributed by atoms with van der Waals surface area (Å²) in [5.41, 5.74) is 1.62. The molecule has 0 amide bonds. The predicted octanol–water partition coefficient (Wildman–Crippen LogP) is 3.35. The van der Waals surface area contributed by atoms with Crippen molar-refractivity contribution in [1.29, 1.82) is 0 Å². The van der Waals surface area contributed by atoms with Gasteiger partial charge in [0.05, 0.1) is 5.56 Å². The third kappa shape index (κ3) is 2.19. The number of benzene rings is 2. The molecule has 1 N–H and O–H groups in total. The molecule has 3 aromatic rings. The van der Waals surface area contributed by atoms with E-state index in [1.165, 1.54) is 6.07 Å². The molecule has 0 aliphatic rings. The van der Waals surface area contributed by atoms with Crippen molar-refractivity contribution < 1.29 is 14.3 Å². The first-order chi connectivity index (χ1) is 10.5. The second kappa shape index (κ2) is 5.15. The Balaban J connectivity index is 2.30. The number of ketones is 1. The Morgan fingerprint density at radius 2 is 1.77 bits per heavy atom. The van der Waals surface area contributed by atoms with Crippen LogP contribution in [0.1, 0.15) is 27.0 Å². The van der Waals surface area contributed by atoms with Crippen LogP contribution < -0.4 is 5.63 Å². The van der Waals surface area contributed by atoms with E-state index in [4.69, 9.17) is 4.42 Å². The van der Waals surface area contributed by atoms with Crippen molar-refractivity contribution in [1.82, 2.24) is 0 Å². The highest BCUT2D eigenvalue weighted by Crippen LogP contribution is 2.32. The first kappa shape index (κ1) is 14.1. The van der Waals surface area contributed by atoms with Gasteiger partial charge < -0.3 is 9.52 Å². The summed E-state index contributed by atoms with van der Waals surface area (Å²) < 4.78 is 5.17. The first-order valence-electron chi connectivity index (χ1n) is 6.86. The Labute approximate surface area is 126 Å². The molecule has 0 saturated heterocycles. The van der Waals surface area contributed by atoms with E-state index >= 15 is 0 Å². The van der Waals surface area contributed by atoms with Crippen molar-refractivity contribution in [2.75, 3.05) is 0 Å². The molecule has 3 rings (SSSR count). The SMILES string of the molecule is Cc1cc(=O)oc2c(C)c(O)c(C(=O)c3ccccc3)cc12. The fourth-order valence-corrected chi connectivity index (χ4v) is 2.52. The van der Waals surface area contributed by atoms with Gasteiger partial charge in [0.25, 0.3) is 0 Å². The van der Waals surface area contributed by atoms with E-state index in [-0.39, 0.29) is 17.1 Å². The molecule has 22 heavy (non-hydrogen) atoms. The molecule has 4 heteroatoms. The third-order valence-corrected chi connectivity index (χ3v) is 3.73. The number of aromatic hydroxyl groups is 1. The standard InChI is InChI=1S/C18H14O4/c1-10-8-15(19)22-18-11(2)16(20)14(9-13(10)18)17(21)12-6-4-3-5-7-12/h3-9,20H,1-2H3. The van der Waals surface area contributed by atoms with Crippen LogP contribution in [0.4, 0.5) is 0 Å². The van der Waals surface area contributed by atoms with E-state index in [1.54, 1.807) is 44.2 Å². The van der Waals surface area contributed by atoms with Crippen LogP contribution in [0, 0.1) is 13.8 Å². The van der Waals surface area contributed by atoms with Gasteiger partial charge in [0.2, 0.25) is 0 Å².